The van der Waals surface area contributed by atoms with Gasteiger partial charge in [0.2, 0.25) is 15.9 Å². The van der Waals surface area contributed by atoms with Crippen molar-refractivity contribution < 1.29 is 22.7 Å². The Morgan fingerprint density at radius 1 is 1.09 bits per heavy atom. The quantitative estimate of drug-likeness (QED) is 0.511. The lowest BCUT2D eigenvalue weighted by Crippen LogP contribution is -2.45. The third kappa shape index (κ3) is 4.48. The van der Waals surface area contributed by atoms with Gasteiger partial charge in [0.15, 0.2) is 11.5 Å². The van der Waals surface area contributed by atoms with Gasteiger partial charge in [0.05, 0.1) is 31.7 Å². The number of carbonyl (C=O) groups excluding carboxylic acids is 1. The molecule has 0 bridgehead atoms. The van der Waals surface area contributed by atoms with E-state index in [0.717, 1.165) is 20.3 Å². The Morgan fingerprint density at radius 3 is 2.42 bits per heavy atom. The number of methoxy groups -OCH3 is 2. The summed E-state index contributed by atoms with van der Waals surface area (Å²) in [5.41, 5.74) is 2.05. The summed E-state index contributed by atoms with van der Waals surface area (Å²) in [5.74, 6) is 0.987. The topological polar surface area (TPSA) is 76.2 Å². The molecule has 0 radical (unpaired) electrons. The summed E-state index contributed by atoms with van der Waals surface area (Å²) in [7, 11) is 0.847. The predicted molar refractivity (Wildman–Crippen MR) is 127 cm³/mol. The molecule has 33 heavy (non-hydrogen) atoms. The van der Waals surface area contributed by atoms with Crippen LogP contribution in [0.1, 0.15) is 22.0 Å². The normalized spacial score (nSPS) is 15.9. The van der Waals surface area contributed by atoms with E-state index in [1.807, 2.05) is 29.6 Å². The zero-order chi connectivity index (χ0) is 23.6. The van der Waals surface area contributed by atoms with Gasteiger partial charge in [-0.15, -0.1) is 11.3 Å². The van der Waals surface area contributed by atoms with Crippen molar-refractivity contribution in [2.75, 3.05) is 34.4 Å². The van der Waals surface area contributed by atoms with E-state index in [1.54, 1.807) is 48.7 Å². The molecule has 0 spiro atoms. The highest BCUT2D eigenvalue weighted by atomic mass is 32.2. The molecule has 0 fully saturated rings. The van der Waals surface area contributed by atoms with Gasteiger partial charge in [-0.3, -0.25) is 4.79 Å². The van der Waals surface area contributed by atoms with Crippen LogP contribution in [-0.4, -0.2) is 57.9 Å². The maximum absolute atomic E-state index is 13.4. The van der Waals surface area contributed by atoms with Crippen LogP contribution < -0.4 is 9.47 Å². The Morgan fingerprint density at radius 2 is 1.79 bits per heavy atom. The van der Waals surface area contributed by atoms with E-state index in [1.165, 1.54) is 19.2 Å². The summed E-state index contributed by atoms with van der Waals surface area (Å²) >= 11 is 1.56. The van der Waals surface area contributed by atoms with Crippen LogP contribution >= 0.6 is 11.3 Å². The molecule has 3 aromatic rings. The maximum Gasteiger partial charge on any atom is 0.243 e. The molecule has 174 valence electrons. The molecule has 1 aromatic heterocycles. The van der Waals surface area contributed by atoms with Crippen molar-refractivity contribution in [3.63, 3.8) is 0 Å². The molecule has 4 rings (SSSR count). The molecular formula is C24H26N2O5S2. The molecule has 1 aliphatic heterocycles. The van der Waals surface area contributed by atoms with Gasteiger partial charge in [-0.1, -0.05) is 24.3 Å². The number of amides is 1. The average molecular weight is 487 g/mol. The number of ether oxygens (including phenoxy) is 2. The molecule has 2 aromatic carbocycles. The van der Waals surface area contributed by atoms with Gasteiger partial charge < -0.3 is 14.4 Å². The van der Waals surface area contributed by atoms with E-state index in [2.05, 4.69) is 0 Å². The van der Waals surface area contributed by atoms with Crippen molar-refractivity contribution in [2.45, 2.75) is 17.4 Å². The SMILES string of the molecule is COc1cc2c(cc1OC)C(c1cccs1)N(C(=O)CN(C)S(=O)(=O)c1ccccc1)CC2. The van der Waals surface area contributed by atoms with Crippen molar-refractivity contribution in [1.29, 1.82) is 0 Å². The first-order valence-electron chi connectivity index (χ1n) is 10.5. The lowest BCUT2D eigenvalue weighted by atomic mass is 9.90. The van der Waals surface area contributed by atoms with Crippen LogP contribution in [0.4, 0.5) is 0 Å². The summed E-state index contributed by atoms with van der Waals surface area (Å²) in [6.07, 6.45) is 0.637. The second-order valence-electron chi connectivity index (χ2n) is 7.74. The molecule has 1 aliphatic rings. The Labute approximate surface area is 198 Å². The van der Waals surface area contributed by atoms with Crippen LogP contribution in [0.3, 0.4) is 0 Å². The van der Waals surface area contributed by atoms with E-state index in [9.17, 15) is 13.2 Å². The van der Waals surface area contributed by atoms with Crippen LogP contribution in [0.2, 0.25) is 0 Å². The highest BCUT2D eigenvalue weighted by molar-refractivity contribution is 7.89. The molecular weight excluding hydrogens is 460 g/mol. The molecule has 2 heterocycles. The van der Waals surface area contributed by atoms with Gasteiger partial charge >= 0.3 is 0 Å². The summed E-state index contributed by atoms with van der Waals surface area (Å²) < 4.78 is 38.0. The highest BCUT2D eigenvalue weighted by Crippen LogP contribution is 2.42. The van der Waals surface area contributed by atoms with E-state index in [0.29, 0.717) is 24.5 Å². The van der Waals surface area contributed by atoms with Gasteiger partial charge in [-0.25, -0.2) is 8.42 Å². The molecule has 9 heteroatoms. The first-order chi connectivity index (χ1) is 15.9. The zero-order valence-electron chi connectivity index (χ0n) is 18.7. The molecule has 0 N–H and O–H groups in total. The van der Waals surface area contributed by atoms with Gasteiger partial charge in [0, 0.05) is 18.5 Å². The third-order valence-electron chi connectivity index (χ3n) is 5.82. The first kappa shape index (κ1) is 23.3. The van der Waals surface area contributed by atoms with Gasteiger partial charge in [0.1, 0.15) is 0 Å². The molecule has 0 aliphatic carbocycles. The summed E-state index contributed by atoms with van der Waals surface area (Å²) in [6, 6.07) is 15.6. The fourth-order valence-electron chi connectivity index (χ4n) is 4.11. The Bertz CT molecular complexity index is 1230. The minimum Gasteiger partial charge on any atom is -0.493 e. The van der Waals surface area contributed by atoms with Crippen molar-refractivity contribution in [1.82, 2.24) is 9.21 Å². The van der Waals surface area contributed by atoms with Gasteiger partial charge in [0.25, 0.3) is 0 Å². The van der Waals surface area contributed by atoms with Crippen molar-refractivity contribution in [3.8, 4) is 11.5 Å². The van der Waals surface area contributed by atoms with E-state index in [-0.39, 0.29) is 23.4 Å². The number of likely N-dealkylation sites (N-methyl/N-ethyl adjacent to an activating group) is 1. The number of nitrogens with zero attached hydrogens (tertiary/aromatic N) is 2. The number of sulfonamides is 1. The summed E-state index contributed by atoms with van der Waals surface area (Å²) in [5, 5.41) is 1.97. The number of hydrogen-bond donors (Lipinski definition) is 0. The van der Waals surface area contributed by atoms with Crippen molar-refractivity contribution in [3.05, 3.63) is 76.0 Å². The van der Waals surface area contributed by atoms with Gasteiger partial charge in [-0.2, -0.15) is 4.31 Å². The number of benzene rings is 2. The standard InChI is InChI=1S/C24H26N2O5S2/c1-25(33(28,29)18-8-5-4-6-9-18)16-23(27)26-12-11-17-14-20(30-2)21(31-3)15-19(17)24(26)22-10-7-13-32-22/h4-10,13-15,24H,11-12,16H2,1-3H3. The van der Waals surface area contributed by atoms with E-state index < -0.39 is 10.0 Å². The minimum absolute atomic E-state index is 0.163. The molecule has 0 saturated carbocycles. The second-order valence-corrected chi connectivity index (χ2v) is 10.8. The fourth-order valence-corrected chi connectivity index (χ4v) is 6.10. The molecule has 1 amide bonds. The summed E-state index contributed by atoms with van der Waals surface area (Å²) in [6.45, 7) is 0.227. The van der Waals surface area contributed by atoms with Crippen LogP contribution in [0.15, 0.2) is 64.9 Å². The number of rotatable bonds is 7. The number of thiophene rings is 1. The molecule has 1 unspecified atom stereocenters. The Hall–Kier alpha value is -2.88. The fraction of sp³-hybridized carbons (Fsp3) is 0.292. The number of fused-ring (bicyclic) bond motifs is 1. The third-order valence-corrected chi connectivity index (χ3v) is 8.56. The largest absolute Gasteiger partial charge is 0.493 e. The average Bonchev–Trinajstić information content (AvgIpc) is 3.37. The maximum atomic E-state index is 13.4. The number of carbonyl (C=O) groups is 1. The first-order valence-corrected chi connectivity index (χ1v) is 12.8. The summed E-state index contributed by atoms with van der Waals surface area (Å²) in [4.78, 5) is 16.4. The lowest BCUT2D eigenvalue weighted by molar-refractivity contribution is -0.133. The van der Waals surface area contributed by atoms with Crippen LogP contribution in [0, 0.1) is 0 Å². The Kier molecular flexibility index (Phi) is 6.73. The zero-order valence-corrected chi connectivity index (χ0v) is 20.4. The van der Waals surface area contributed by atoms with Gasteiger partial charge in [-0.05, 0) is 53.3 Å². The second kappa shape index (κ2) is 9.54. The van der Waals surface area contributed by atoms with E-state index >= 15 is 0 Å². The molecule has 1 atom stereocenters. The smallest absolute Gasteiger partial charge is 0.243 e. The van der Waals surface area contributed by atoms with Crippen LogP contribution in [-0.2, 0) is 21.2 Å². The van der Waals surface area contributed by atoms with Crippen LogP contribution in [0.5, 0.6) is 11.5 Å². The Balaban J connectivity index is 1.67. The molecule has 7 nitrogen and oxygen atoms in total. The van der Waals surface area contributed by atoms with E-state index in [4.69, 9.17) is 9.47 Å². The van der Waals surface area contributed by atoms with Crippen molar-refractivity contribution >= 4 is 27.3 Å². The molecule has 0 saturated heterocycles. The van der Waals surface area contributed by atoms with Crippen molar-refractivity contribution in [2.24, 2.45) is 0 Å². The monoisotopic (exact) mass is 486 g/mol. The predicted octanol–water partition coefficient (Wildman–Crippen LogP) is 3.56. The van der Waals surface area contributed by atoms with Crippen LogP contribution in [0.25, 0.3) is 0 Å². The number of hydrogen-bond acceptors (Lipinski definition) is 6. The highest BCUT2D eigenvalue weighted by Gasteiger charge is 2.35. The lowest BCUT2D eigenvalue weighted by Gasteiger charge is -2.38. The minimum atomic E-state index is -3.77.